The highest BCUT2D eigenvalue weighted by Gasteiger charge is 2.07. The van der Waals surface area contributed by atoms with Gasteiger partial charge in [-0.3, -0.25) is 0 Å². The maximum atomic E-state index is 11.9. The Labute approximate surface area is 123 Å². The molecule has 0 saturated carbocycles. The molecule has 0 spiro atoms. The van der Waals surface area contributed by atoms with Crippen LogP contribution >= 0.6 is 0 Å². The predicted octanol–water partition coefficient (Wildman–Crippen LogP) is 4.37. The van der Waals surface area contributed by atoms with E-state index >= 15 is 0 Å². The largest absolute Gasteiger partial charge is 0.423 e. The number of benzene rings is 3. The summed E-state index contributed by atoms with van der Waals surface area (Å²) in [4.78, 5) is 11.9. The fourth-order valence-corrected chi connectivity index (χ4v) is 2.03. The van der Waals surface area contributed by atoms with Gasteiger partial charge in [0.25, 0.3) is 0 Å². The second-order valence-corrected chi connectivity index (χ2v) is 4.57. The minimum absolute atomic E-state index is 0.376. The van der Waals surface area contributed by atoms with Crippen LogP contribution in [-0.4, -0.2) is 5.97 Å². The molecule has 0 unspecified atom stereocenters. The SMILES string of the molecule is O=C(Oc1ccc(-c2ccccc2)cc1)c1c[c]ccc1. The van der Waals surface area contributed by atoms with Crippen molar-refractivity contribution in [2.45, 2.75) is 0 Å². The molecule has 0 saturated heterocycles. The molecule has 0 aliphatic heterocycles. The normalized spacial score (nSPS) is 10.1. The van der Waals surface area contributed by atoms with Gasteiger partial charge in [0.1, 0.15) is 5.75 Å². The third-order valence-electron chi connectivity index (χ3n) is 3.11. The third-order valence-corrected chi connectivity index (χ3v) is 3.11. The number of ether oxygens (including phenoxy) is 1. The van der Waals surface area contributed by atoms with Crippen molar-refractivity contribution >= 4 is 5.97 Å². The average Bonchev–Trinajstić information content (AvgIpc) is 2.57. The Balaban J connectivity index is 1.75. The Bertz CT molecular complexity index is 717. The van der Waals surface area contributed by atoms with Crippen molar-refractivity contribution in [3.8, 4) is 16.9 Å². The van der Waals surface area contributed by atoms with Crippen LogP contribution in [0.5, 0.6) is 5.75 Å². The molecular formula is C19H13O2. The molecule has 21 heavy (non-hydrogen) atoms. The summed E-state index contributed by atoms with van der Waals surface area (Å²) in [5.41, 5.74) is 2.71. The van der Waals surface area contributed by atoms with E-state index in [0.29, 0.717) is 11.3 Å². The van der Waals surface area contributed by atoms with Crippen LogP contribution in [-0.2, 0) is 0 Å². The van der Waals surface area contributed by atoms with Crippen LogP contribution in [0.1, 0.15) is 10.4 Å². The summed E-state index contributed by atoms with van der Waals surface area (Å²) in [6.07, 6.45) is 0. The molecule has 3 rings (SSSR count). The lowest BCUT2D eigenvalue weighted by molar-refractivity contribution is 0.0735. The van der Waals surface area contributed by atoms with E-state index < -0.39 is 0 Å². The summed E-state index contributed by atoms with van der Waals surface area (Å²) in [6, 6.07) is 27.2. The molecule has 3 aromatic rings. The van der Waals surface area contributed by atoms with Gasteiger partial charge in [0.2, 0.25) is 0 Å². The molecule has 0 amide bonds. The molecule has 0 aliphatic rings. The van der Waals surface area contributed by atoms with Crippen molar-refractivity contribution in [2.24, 2.45) is 0 Å². The first-order valence-corrected chi connectivity index (χ1v) is 6.67. The number of hydrogen-bond acceptors (Lipinski definition) is 2. The van der Waals surface area contributed by atoms with E-state index in [1.807, 2.05) is 42.5 Å². The van der Waals surface area contributed by atoms with Crippen LogP contribution in [0.2, 0.25) is 0 Å². The van der Waals surface area contributed by atoms with E-state index in [1.54, 1.807) is 36.4 Å². The fraction of sp³-hybridized carbons (Fsp3) is 0. The fourth-order valence-electron chi connectivity index (χ4n) is 2.03. The van der Waals surface area contributed by atoms with Gasteiger partial charge in [-0.1, -0.05) is 54.6 Å². The van der Waals surface area contributed by atoms with Crippen LogP contribution in [0.25, 0.3) is 11.1 Å². The van der Waals surface area contributed by atoms with Gasteiger partial charge in [-0.15, -0.1) is 0 Å². The molecule has 0 aliphatic carbocycles. The summed E-state index contributed by atoms with van der Waals surface area (Å²) in [5, 5.41) is 0. The summed E-state index contributed by atoms with van der Waals surface area (Å²) < 4.78 is 5.33. The zero-order valence-corrected chi connectivity index (χ0v) is 11.3. The molecule has 101 valence electrons. The number of hydrogen-bond donors (Lipinski definition) is 0. The van der Waals surface area contributed by atoms with E-state index in [4.69, 9.17) is 4.74 Å². The summed E-state index contributed by atoms with van der Waals surface area (Å²) in [7, 11) is 0. The van der Waals surface area contributed by atoms with Gasteiger partial charge in [-0.05, 0) is 41.5 Å². The molecule has 1 radical (unpaired) electrons. The van der Waals surface area contributed by atoms with Crippen molar-refractivity contribution in [2.75, 3.05) is 0 Å². The topological polar surface area (TPSA) is 26.3 Å². The van der Waals surface area contributed by atoms with Crippen LogP contribution in [0, 0.1) is 6.07 Å². The van der Waals surface area contributed by atoms with Crippen molar-refractivity contribution in [3.05, 3.63) is 90.5 Å². The van der Waals surface area contributed by atoms with Crippen molar-refractivity contribution in [1.82, 2.24) is 0 Å². The van der Waals surface area contributed by atoms with Crippen LogP contribution < -0.4 is 4.74 Å². The maximum absolute atomic E-state index is 11.9. The van der Waals surface area contributed by atoms with Gasteiger partial charge < -0.3 is 4.74 Å². The van der Waals surface area contributed by atoms with E-state index in [2.05, 4.69) is 6.07 Å². The zero-order valence-electron chi connectivity index (χ0n) is 11.3. The molecule has 0 aromatic heterocycles. The van der Waals surface area contributed by atoms with E-state index in [-0.39, 0.29) is 5.97 Å². The van der Waals surface area contributed by atoms with E-state index in [1.165, 1.54) is 0 Å². The molecule has 0 heterocycles. The summed E-state index contributed by atoms with van der Waals surface area (Å²) in [5.74, 6) is 0.155. The third kappa shape index (κ3) is 3.18. The van der Waals surface area contributed by atoms with Gasteiger partial charge in [0.05, 0.1) is 5.56 Å². The van der Waals surface area contributed by atoms with Crippen LogP contribution in [0.4, 0.5) is 0 Å². The molecule has 2 nitrogen and oxygen atoms in total. The van der Waals surface area contributed by atoms with Gasteiger partial charge >= 0.3 is 5.97 Å². The molecule has 2 heteroatoms. The van der Waals surface area contributed by atoms with Crippen LogP contribution in [0.15, 0.2) is 78.9 Å². The lowest BCUT2D eigenvalue weighted by Gasteiger charge is -2.06. The molecule has 0 N–H and O–H groups in total. The van der Waals surface area contributed by atoms with Gasteiger partial charge in [-0.25, -0.2) is 4.79 Å². The first-order chi connectivity index (χ1) is 10.3. The van der Waals surface area contributed by atoms with Crippen LogP contribution in [0.3, 0.4) is 0 Å². The predicted molar refractivity (Wildman–Crippen MR) is 82.1 cm³/mol. The van der Waals surface area contributed by atoms with Gasteiger partial charge in [-0.2, -0.15) is 0 Å². The lowest BCUT2D eigenvalue weighted by atomic mass is 10.1. The minimum Gasteiger partial charge on any atom is -0.423 e. The molecule has 3 aromatic carbocycles. The number of carbonyl (C=O) groups excluding carboxylic acids is 1. The number of rotatable bonds is 3. The summed E-state index contributed by atoms with van der Waals surface area (Å²) >= 11 is 0. The highest BCUT2D eigenvalue weighted by molar-refractivity contribution is 5.90. The van der Waals surface area contributed by atoms with E-state index in [9.17, 15) is 4.79 Å². The Kier molecular flexibility index (Phi) is 3.79. The Hall–Kier alpha value is -2.87. The maximum Gasteiger partial charge on any atom is 0.343 e. The Morgan fingerprint density at radius 2 is 1.52 bits per heavy atom. The first kappa shape index (κ1) is 13.1. The number of esters is 1. The van der Waals surface area contributed by atoms with E-state index in [0.717, 1.165) is 11.1 Å². The monoisotopic (exact) mass is 273 g/mol. The van der Waals surface area contributed by atoms with Crippen molar-refractivity contribution in [3.63, 3.8) is 0 Å². The highest BCUT2D eigenvalue weighted by Crippen LogP contribution is 2.22. The van der Waals surface area contributed by atoms with Crippen molar-refractivity contribution < 1.29 is 9.53 Å². The molecule has 0 fully saturated rings. The zero-order chi connectivity index (χ0) is 14.5. The second-order valence-electron chi connectivity index (χ2n) is 4.57. The number of carbonyl (C=O) groups is 1. The standard InChI is InChI=1S/C19H13O2/c20-19(17-9-5-2-6-10-17)21-18-13-11-16(12-14-18)15-7-3-1-4-8-15/h1-5,7-14H. The lowest BCUT2D eigenvalue weighted by Crippen LogP contribution is -2.07. The highest BCUT2D eigenvalue weighted by atomic mass is 16.5. The first-order valence-electron chi connectivity index (χ1n) is 6.67. The average molecular weight is 273 g/mol. The second kappa shape index (κ2) is 6.06. The summed E-state index contributed by atoms with van der Waals surface area (Å²) in [6.45, 7) is 0. The molecule has 0 atom stereocenters. The van der Waals surface area contributed by atoms with Crippen molar-refractivity contribution in [1.29, 1.82) is 0 Å². The molecular weight excluding hydrogens is 260 g/mol. The quantitative estimate of drug-likeness (QED) is 0.523. The van der Waals surface area contributed by atoms with Gasteiger partial charge in [0.15, 0.2) is 0 Å². The smallest absolute Gasteiger partial charge is 0.343 e. The van der Waals surface area contributed by atoms with Gasteiger partial charge in [0, 0.05) is 0 Å². The Morgan fingerprint density at radius 1 is 0.810 bits per heavy atom. The minimum atomic E-state index is -0.376. The molecule has 0 bridgehead atoms. The Morgan fingerprint density at radius 3 is 2.19 bits per heavy atom.